The zero-order valence-corrected chi connectivity index (χ0v) is 17.3. The minimum Gasteiger partial charge on any atom is -0.375 e. The van der Waals surface area contributed by atoms with Gasteiger partial charge in [-0.2, -0.15) is 0 Å². The van der Waals surface area contributed by atoms with Crippen LogP contribution >= 0.6 is 24.8 Å². The Morgan fingerprint density at radius 3 is 2.33 bits per heavy atom. The van der Waals surface area contributed by atoms with Gasteiger partial charge in [-0.1, -0.05) is 13.8 Å². The van der Waals surface area contributed by atoms with Crippen molar-refractivity contribution in [3.63, 3.8) is 0 Å². The molecule has 2 heterocycles. The number of nitrogens with zero attached hydrogens (tertiary/aromatic N) is 1. The highest BCUT2D eigenvalue weighted by molar-refractivity contribution is 5.85. The summed E-state index contributed by atoms with van der Waals surface area (Å²) in [5.41, 5.74) is -0.0165. The van der Waals surface area contributed by atoms with E-state index in [2.05, 4.69) is 43.2 Å². The second-order valence-corrected chi connectivity index (χ2v) is 7.89. The molecule has 0 aromatic carbocycles. The summed E-state index contributed by atoms with van der Waals surface area (Å²) in [6, 6.07) is -0.233. The van der Waals surface area contributed by atoms with E-state index in [0.717, 1.165) is 31.5 Å². The standard InChI is InChI=1S/C17H33N3O2.2ClH/c1-12-8-13(2)10-20(9-12)17(4,5)11-19-16(21)15-14(3)22-7-6-18-15;;/h12-15,18H,6-11H2,1-5H3,(H,19,21);2*1H/t12?,13?,14-,15+;;/m1../s1. The number of hydrogen-bond donors (Lipinski definition) is 2. The summed E-state index contributed by atoms with van der Waals surface area (Å²) < 4.78 is 5.55. The number of piperidine rings is 1. The van der Waals surface area contributed by atoms with Crippen LogP contribution in [-0.2, 0) is 9.53 Å². The largest absolute Gasteiger partial charge is 0.375 e. The van der Waals surface area contributed by atoms with Gasteiger partial charge in [0.25, 0.3) is 0 Å². The van der Waals surface area contributed by atoms with E-state index in [4.69, 9.17) is 4.74 Å². The fraction of sp³-hybridized carbons (Fsp3) is 0.941. The van der Waals surface area contributed by atoms with Crippen LogP contribution in [0.3, 0.4) is 0 Å². The molecule has 2 N–H and O–H groups in total. The summed E-state index contributed by atoms with van der Waals surface area (Å²) in [5.74, 6) is 1.51. The summed E-state index contributed by atoms with van der Waals surface area (Å²) in [6.45, 7) is 15.4. The van der Waals surface area contributed by atoms with Gasteiger partial charge in [0.2, 0.25) is 5.91 Å². The number of carbonyl (C=O) groups is 1. The van der Waals surface area contributed by atoms with E-state index in [1.807, 2.05) is 6.92 Å². The quantitative estimate of drug-likeness (QED) is 0.779. The van der Waals surface area contributed by atoms with Crippen molar-refractivity contribution in [3.05, 3.63) is 0 Å². The fourth-order valence-corrected chi connectivity index (χ4v) is 3.71. The molecule has 144 valence electrons. The van der Waals surface area contributed by atoms with E-state index in [1.54, 1.807) is 0 Å². The van der Waals surface area contributed by atoms with E-state index < -0.39 is 0 Å². The third-order valence-corrected chi connectivity index (χ3v) is 5.02. The van der Waals surface area contributed by atoms with Gasteiger partial charge < -0.3 is 15.4 Å². The van der Waals surface area contributed by atoms with Gasteiger partial charge in [-0.05, 0) is 39.0 Å². The maximum absolute atomic E-state index is 12.4. The molecule has 2 unspecified atom stereocenters. The van der Waals surface area contributed by atoms with Crippen LogP contribution in [0.4, 0.5) is 0 Å². The molecule has 2 aliphatic heterocycles. The van der Waals surface area contributed by atoms with Gasteiger partial charge >= 0.3 is 0 Å². The predicted octanol–water partition coefficient (Wildman–Crippen LogP) is 2.08. The second-order valence-electron chi connectivity index (χ2n) is 7.89. The molecule has 1 amide bonds. The summed E-state index contributed by atoms with van der Waals surface area (Å²) in [7, 11) is 0. The lowest BCUT2D eigenvalue weighted by Crippen LogP contribution is -2.60. The van der Waals surface area contributed by atoms with Crippen molar-refractivity contribution >= 4 is 30.7 Å². The zero-order chi connectivity index (χ0) is 16.3. The molecule has 0 aromatic rings. The first-order valence-electron chi connectivity index (χ1n) is 8.67. The van der Waals surface area contributed by atoms with E-state index in [0.29, 0.717) is 13.2 Å². The molecule has 7 heteroatoms. The third-order valence-electron chi connectivity index (χ3n) is 5.02. The van der Waals surface area contributed by atoms with E-state index in [9.17, 15) is 4.79 Å². The van der Waals surface area contributed by atoms with Crippen LogP contribution in [0.1, 0.15) is 41.0 Å². The van der Waals surface area contributed by atoms with Gasteiger partial charge in [-0.3, -0.25) is 9.69 Å². The summed E-state index contributed by atoms with van der Waals surface area (Å²) in [6.07, 6.45) is 1.24. The molecule has 2 rings (SSSR count). The molecule has 0 bridgehead atoms. The smallest absolute Gasteiger partial charge is 0.239 e. The monoisotopic (exact) mass is 383 g/mol. The number of halogens is 2. The van der Waals surface area contributed by atoms with Gasteiger partial charge in [-0.15, -0.1) is 24.8 Å². The molecule has 2 saturated heterocycles. The number of hydrogen-bond acceptors (Lipinski definition) is 4. The molecule has 0 aromatic heterocycles. The molecule has 2 aliphatic rings. The molecule has 0 spiro atoms. The average Bonchev–Trinajstić information content (AvgIpc) is 2.44. The van der Waals surface area contributed by atoms with E-state index in [1.165, 1.54) is 6.42 Å². The molecule has 2 fully saturated rings. The molecule has 0 radical (unpaired) electrons. The van der Waals surface area contributed by atoms with Crippen molar-refractivity contribution in [2.24, 2.45) is 11.8 Å². The highest BCUT2D eigenvalue weighted by Crippen LogP contribution is 2.26. The lowest BCUT2D eigenvalue weighted by atomic mass is 9.88. The number of nitrogens with one attached hydrogen (secondary N) is 2. The molecular weight excluding hydrogens is 349 g/mol. The zero-order valence-electron chi connectivity index (χ0n) is 15.6. The Morgan fingerprint density at radius 2 is 1.79 bits per heavy atom. The first-order valence-corrected chi connectivity index (χ1v) is 8.67. The van der Waals surface area contributed by atoms with Crippen LogP contribution in [0.15, 0.2) is 0 Å². The number of likely N-dealkylation sites (tertiary alicyclic amines) is 1. The van der Waals surface area contributed by atoms with Crippen molar-refractivity contribution in [1.82, 2.24) is 15.5 Å². The Hall–Kier alpha value is -0.0700. The minimum absolute atomic E-state index is 0. The molecule has 0 saturated carbocycles. The highest BCUT2D eigenvalue weighted by atomic mass is 35.5. The summed E-state index contributed by atoms with van der Waals surface area (Å²) in [4.78, 5) is 14.9. The number of rotatable bonds is 4. The summed E-state index contributed by atoms with van der Waals surface area (Å²) >= 11 is 0. The van der Waals surface area contributed by atoms with Crippen LogP contribution in [0.2, 0.25) is 0 Å². The van der Waals surface area contributed by atoms with E-state index in [-0.39, 0.29) is 48.4 Å². The second kappa shape index (κ2) is 10.2. The van der Waals surface area contributed by atoms with Crippen molar-refractivity contribution in [2.75, 3.05) is 32.8 Å². The number of amides is 1. The van der Waals surface area contributed by atoms with Crippen LogP contribution in [0, 0.1) is 11.8 Å². The molecular formula is C17H35Cl2N3O2. The minimum atomic E-state index is -0.233. The number of carbonyl (C=O) groups excluding carboxylic acids is 1. The average molecular weight is 384 g/mol. The van der Waals surface area contributed by atoms with Crippen LogP contribution < -0.4 is 10.6 Å². The maximum Gasteiger partial charge on any atom is 0.239 e. The lowest BCUT2D eigenvalue weighted by molar-refractivity contribution is -0.129. The first-order chi connectivity index (χ1) is 10.3. The van der Waals surface area contributed by atoms with Gasteiger partial charge in [0.15, 0.2) is 0 Å². The fourth-order valence-electron chi connectivity index (χ4n) is 3.71. The Bertz CT molecular complexity index is 386. The Balaban J connectivity index is 0.00000264. The van der Waals surface area contributed by atoms with Crippen molar-refractivity contribution in [1.29, 1.82) is 0 Å². The van der Waals surface area contributed by atoms with Crippen LogP contribution in [0.25, 0.3) is 0 Å². The van der Waals surface area contributed by atoms with Gasteiger partial charge in [0.1, 0.15) is 6.04 Å². The highest BCUT2D eigenvalue weighted by Gasteiger charge is 2.34. The van der Waals surface area contributed by atoms with Gasteiger partial charge in [-0.25, -0.2) is 0 Å². The van der Waals surface area contributed by atoms with Crippen molar-refractivity contribution in [3.8, 4) is 0 Å². The van der Waals surface area contributed by atoms with Crippen LogP contribution in [-0.4, -0.2) is 61.3 Å². The lowest BCUT2D eigenvalue weighted by Gasteiger charge is -2.45. The molecule has 5 nitrogen and oxygen atoms in total. The van der Waals surface area contributed by atoms with Crippen LogP contribution in [0.5, 0.6) is 0 Å². The molecule has 24 heavy (non-hydrogen) atoms. The Kier molecular flexibility index (Phi) is 10.1. The number of ether oxygens (including phenoxy) is 1. The normalized spacial score (nSPS) is 31.5. The van der Waals surface area contributed by atoms with Crippen molar-refractivity contribution < 1.29 is 9.53 Å². The van der Waals surface area contributed by atoms with Gasteiger partial charge in [0.05, 0.1) is 12.7 Å². The molecule has 0 aliphatic carbocycles. The van der Waals surface area contributed by atoms with Crippen molar-refractivity contribution in [2.45, 2.75) is 58.7 Å². The topological polar surface area (TPSA) is 53.6 Å². The SMILES string of the molecule is CC1CC(C)CN(C(C)(C)CNC(=O)[C@H]2NCCO[C@@H]2C)C1.Cl.Cl. The first kappa shape index (κ1) is 23.9. The molecule has 4 atom stereocenters. The Labute approximate surface area is 159 Å². The Morgan fingerprint density at radius 1 is 1.21 bits per heavy atom. The third kappa shape index (κ3) is 6.34. The predicted molar refractivity (Wildman–Crippen MR) is 103 cm³/mol. The summed E-state index contributed by atoms with van der Waals surface area (Å²) in [5, 5.41) is 6.37. The van der Waals surface area contributed by atoms with E-state index >= 15 is 0 Å². The maximum atomic E-state index is 12.4. The van der Waals surface area contributed by atoms with Gasteiger partial charge in [0, 0.05) is 31.7 Å². The number of morpholine rings is 1.